The number of H-pyrrole nitrogens is 1. The molecule has 0 saturated carbocycles. The lowest BCUT2D eigenvalue weighted by atomic mass is 10.2. The van der Waals surface area contributed by atoms with Crippen molar-refractivity contribution in [1.82, 2.24) is 20.2 Å². The van der Waals surface area contributed by atoms with Gasteiger partial charge in [-0.1, -0.05) is 30.3 Å². The van der Waals surface area contributed by atoms with Crippen LogP contribution in [0, 0.1) is 0 Å². The third-order valence-electron chi connectivity index (χ3n) is 2.93. The highest BCUT2D eigenvalue weighted by Crippen LogP contribution is 2.23. The van der Waals surface area contributed by atoms with E-state index in [1.165, 1.54) is 5.56 Å². The largest absolute Gasteiger partial charge is 0.368 e. The molecule has 0 atom stereocenters. The summed E-state index contributed by atoms with van der Waals surface area (Å²) in [6.07, 6.45) is 1.71. The Morgan fingerprint density at radius 1 is 1.21 bits per heavy atom. The molecular weight excluding hydrogens is 240 g/mol. The zero-order valence-electron chi connectivity index (χ0n) is 10.5. The van der Waals surface area contributed by atoms with E-state index in [9.17, 15) is 0 Å². The van der Waals surface area contributed by atoms with Crippen molar-refractivity contribution >= 4 is 22.8 Å². The van der Waals surface area contributed by atoms with Crippen molar-refractivity contribution in [2.45, 2.75) is 6.54 Å². The smallest absolute Gasteiger partial charge is 0.224 e. The lowest BCUT2D eigenvalue weighted by molar-refractivity contribution is 0.902. The Bertz CT molecular complexity index is 691. The summed E-state index contributed by atoms with van der Waals surface area (Å²) in [5.41, 5.74) is 7.58. The van der Waals surface area contributed by atoms with Crippen LogP contribution in [-0.2, 0) is 6.54 Å². The number of anilines is 2. The van der Waals surface area contributed by atoms with Crippen molar-refractivity contribution in [3.63, 3.8) is 0 Å². The lowest BCUT2D eigenvalue weighted by Crippen LogP contribution is -2.18. The fourth-order valence-corrected chi connectivity index (χ4v) is 2.06. The number of nitrogen functional groups attached to an aromatic ring is 1. The Hall–Kier alpha value is -2.63. The second-order valence-corrected chi connectivity index (χ2v) is 4.38. The molecule has 96 valence electrons. The summed E-state index contributed by atoms with van der Waals surface area (Å²) in [5.74, 6) is 1.02. The van der Waals surface area contributed by atoms with E-state index in [0.717, 1.165) is 17.7 Å². The highest BCUT2D eigenvalue weighted by Gasteiger charge is 2.12. The molecule has 0 bridgehead atoms. The number of benzene rings is 1. The van der Waals surface area contributed by atoms with Crippen LogP contribution in [0.25, 0.3) is 11.0 Å². The second kappa shape index (κ2) is 4.56. The molecule has 0 saturated heterocycles. The summed E-state index contributed by atoms with van der Waals surface area (Å²) >= 11 is 0. The van der Waals surface area contributed by atoms with E-state index in [1.807, 2.05) is 30.1 Å². The summed E-state index contributed by atoms with van der Waals surface area (Å²) in [4.78, 5) is 10.4. The zero-order valence-corrected chi connectivity index (χ0v) is 10.5. The summed E-state index contributed by atoms with van der Waals surface area (Å²) in [5, 5.41) is 7.66. The molecule has 0 amide bonds. The number of nitrogens with two attached hydrogens (primary N) is 1. The van der Waals surface area contributed by atoms with Gasteiger partial charge in [-0.2, -0.15) is 15.1 Å². The van der Waals surface area contributed by atoms with Gasteiger partial charge in [-0.3, -0.25) is 5.10 Å². The van der Waals surface area contributed by atoms with Gasteiger partial charge in [0.15, 0.2) is 5.65 Å². The third kappa shape index (κ3) is 2.20. The van der Waals surface area contributed by atoms with Gasteiger partial charge in [0, 0.05) is 13.6 Å². The molecule has 3 rings (SSSR count). The van der Waals surface area contributed by atoms with E-state index in [0.29, 0.717) is 5.65 Å². The molecule has 6 nitrogen and oxygen atoms in total. The predicted octanol–water partition coefficient (Wildman–Crippen LogP) is 1.57. The molecule has 0 spiro atoms. The van der Waals surface area contributed by atoms with Crippen molar-refractivity contribution < 1.29 is 0 Å². The fraction of sp³-hybridized carbons (Fsp3) is 0.154. The maximum absolute atomic E-state index is 5.72. The van der Waals surface area contributed by atoms with Crippen molar-refractivity contribution in [2.75, 3.05) is 17.7 Å². The number of hydrogen-bond donors (Lipinski definition) is 2. The van der Waals surface area contributed by atoms with Gasteiger partial charge in [0.2, 0.25) is 5.95 Å². The number of fused-ring (bicyclic) bond motifs is 1. The highest BCUT2D eigenvalue weighted by atomic mass is 15.2. The van der Waals surface area contributed by atoms with Crippen LogP contribution < -0.4 is 10.6 Å². The Morgan fingerprint density at radius 2 is 2.00 bits per heavy atom. The van der Waals surface area contributed by atoms with Crippen LogP contribution >= 0.6 is 0 Å². The molecule has 0 radical (unpaired) electrons. The number of nitrogens with one attached hydrogen (secondary N) is 1. The van der Waals surface area contributed by atoms with Gasteiger partial charge in [-0.15, -0.1) is 0 Å². The molecule has 3 aromatic rings. The summed E-state index contributed by atoms with van der Waals surface area (Å²) in [6, 6.07) is 10.2. The van der Waals surface area contributed by atoms with Gasteiger partial charge >= 0.3 is 0 Å². The van der Waals surface area contributed by atoms with Crippen molar-refractivity contribution in [3.8, 4) is 0 Å². The first-order chi connectivity index (χ1) is 9.24. The van der Waals surface area contributed by atoms with Gasteiger partial charge in [-0.05, 0) is 5.56 Å². The topological polar surface area (TPSA) is 83.7 Å². The van der Waals surface area contributed by atoms with Crippen LogP contribution in [0.2, 0.25) is 0 Å². The molecule has 6 heteroatoms. The quantitative estimate of drug-likeness (QED) is 0.741. The van der Waals surface area contributed by atoms with Crippen molar-refractivity contribution in [1.29, 1.82) is 0 Å². The number of nitrogens with zero attached hydrogens (tertiary/aromatic N) is 4. The van der Waals surface area contributed by atoms with Crippen LogP contribution in [0.15, 0.2) is 36.5 Å². The standard InChI is InChI=1S/C13H14N6/c1-19(8-9-5-3-2-4-6-9)12-10-7-15-18-11(10)16-13(14)17-12/h2-7H,8H2,1H3,(H3,14,15,16,17,18). The molecule has 0 aliphatic heterocycles. The Morgan fingerprint density at radius 3 is 2.79 bits per heavy atom. The second-order valence-electron chi connectivity index (χ2n) is 4.38. The average Bonchev–Trinajstić information content (AvgIpc) is 2.86. The van der Waals surface area contributed by atoms with Gasteiger partial charge in [0.1, 0.15) is 5.82 Å². The van der Waals surface area contributed by atoms with Crippen LogP contribution in [-0.4, -0.2) is 27.2 Å². The zero-order chi connectivity index (χ0) is 13.2. The molecule has 2 aromatic heterocycles. The molecule has 0 aliphatic rings. The Labute approximate surface area is 110 Å². The molecule has 1 aromatic carbocycles. The average molecular weight is 254 g/mol. The highest BCUT2D eigenvalue weighted by molar-refractivity contribution is 5.87. The first-order valence-electron chi connectivity index (χ1n) is 5.95. The molecular formula is C13H14N6. The van der Waals surface area contributed by atoms with E-state index < -0.39 is 0 Å². The van der Waals surface area contributed by atoms with E-state index in [-0.39, 0.29) is 5.95 Å². The maximum Gasteiger partial charge on any atom is 0.224 e. The number of hydrogen-bond acceptors (Lipinski definition) is 5. The number of aromatic nitrogens is 4. The van der Waals surface area contributed by atoms with E-state index in [4.69, 9.17) is 5.73 Å². The van der Waals surface area contributed by atoms with Gasteiger partial charge in [-0.25, -0.2) is 0 Å². The molecule has 0 fully saturated rings. The van der Waals surface area contributed by atoms with E-state index in [1.54, 1.807) is 6.20 Å². The predicted molar refractivity (Wildman–Crippen MR) is 74.6 cm³/mol. The monoisotopic (exact) mass is 254 g/mol. The fourth-order valence-electron chi connectivity index (χ4n) is 2.06. The lowest BCUT2D eigenvalue weighted by Gasteiger charge is -2.19. The minimum atomic E-state index is 0.242. The molecule has 0 aliphatic carbocycles. The summed E-state index contributed by atoms with van der Waals surface area (Å²) in [7, 11) is 1.97. The van der Waals surface area contributed by atoms with E-state index in [2.05, 4.69) is 32.3 Å². The number of rotatable bonds is 3. The van der Waals surface area contributed by atoms with Gasteiger partial charge < -0.3 is 10.6 Å². The number of aromatic amines is 1. The Kier molecular flexibility index (Phi) is 2.75. The first kappa shape index (κ1) is 11.5. The summed E-state index contributed by atoms with van der Waals surface area (Å²) in [6.45, 7) is 0.748. The van der Waals surface area contributed by atoms with Crippen molar-refractivity contribution in [2.24, 2.45) is 0 Å². The van der Waals surface area contributed by atoms with Gasteiger partial charge in [0.25, 0.3) is 0 Å². The molecule has 3 N–H and O–H groups in total. The van der Waals surface area contributed by atoms with E-state index >= 15 is 0 Å². The van der Waals surface area contributed by atoms with Crippen LogP contribution in [0.4, 0.5) is 11.8 Å². The maximum atomic E-state index is 5.72. The molecule has 0 unspecified atom stereocenters. The minimum Gasteiger partial charge on any atom is -0.368 e. The van der Waals surface area contributed by atoms with Crippen LogP contribution in [0.3, 0.4) is 0 Å². The first-order valence-corrected chi connectivity index (χ1v) is 5.95. The van der Waals surface area contributed by atoms with Gasteiger partial charge in [0.05, 0.1) is 11.6 Å². The minimum absolute atomic E-state index is 0.242. The SMILES string of the molecule is CN(Cc1ccccc1)c1nc(N)nc2[nH]ncc12. The molecule has 2 heterocycles. The van der Waals surface area contributed by atoms with Crippen LogP contribution in [0.1, 0.15) is 5.56 Å². The van der Waals surface area contributed by atoms with Crippen LogP contribution in [0.5, 0.6) is 0 Å². The normalized spacial score (nSPS) is 10.8. The summed E-state index contributed by atoms with van der Waals surface area (Å²) < 4.78 is 0. The molecule has 19 heavy (non-hydrogen) atoms. The third-order valence-corrected chi connectivity index (χ3v) is 2.93. The Balaban J connectivity index is 1.97. The van der Waals surface area contributed by atoms with Crippen molar-refractivity contribution in [3.05, 3.63) is 42.1 Å².